The molecule has 1 aromatic heterocycles. The summed E-state index contributed by atoms with van der Waals surface area (Å²) < 4.78 is 26.8. The molecule has 7 heteroatoms. The van der Waals surface area contributed by atoms with Crippen LogP contribution in [0.25, 0.3) is 0 Å². The van der Waals surface area contributed by atoms with Crippen LogP contribution < -0.4 is 4.90 Å². The van der Waals surface area contributed by atoms with E-state index in [4.69, 9.17) is 4.98 Å². The fourth-order valence-corrected chi connectivity index (χ4v) is 6.89. The Morgan fingerprint density at radius 2 is 1.68 bits per heavy atom. The van der Waals surface area contributed by atoms with Crippen molar-refractivity contribution in [2.75, 3.05) is 18.0 Å². The Balaban J connectivity index is 1.36. The number of benzene rings is 2. The van der Waals surface area contributed by atoms with Crippen LogP contribution in [0, 0.1) is 0 Å². The van der Waals surface area contributed by atoms with Gasteiger partial charge in [-0.25, -0.2) is 13.4 Å². The Hall–Kier alpha value is -1.70. The molecule has 0 unspecified atom stereocenters. The Morgan fingerprint density at radius 3 is 2.32 bits per heavy atom. The van der Waals surface area contributed by atoms with Crippen molar-refractivity contribution >= 4 is 42.2 Å². The van der Waals surface area contributed by atoms with Crippen molar-refractivity contribution in [3.05, 3.63) is 75.2 Å². The first-order valence-electron chi connectivity index (χ1n) is 10.7. The minimum Gasteiger partial charge on any atom is -0.348 e. The van der Waals surface area contributed by atoms with Crippen molar-refractivity contribution in [1.29, 1.82) is 0 Å². The lowest BCUT2D eigenvalue weighted by molar-refractivity contribution is 0.529. The molecule has 1 aliphatic heterocycles. The van der Waals surface area contributed by atoms with Crippen molar-refractivity contribution in [2.45, 2.75) is 49.2 Å². The van der Waals surface area contributed by atoms with Crippen molar-refractivity contribution in [3.8, 4) is 0 Å². The smallest absolute Gasteiger partial charge is 0.185 e. The second-order valence-corrected chi connectivity index (χ2v) is 12.0. The number of thiazole rings is 1. The monoisotopic (exact) mass is 518 g/mol. The average Bonchev–Trinajstić information content (AvgIpc) is 3.24. The molecule has 0 radical (unpaired) electrons. The van der Waals surface area contributed by atoms with E-state index >= 15 is 0 Å². The Labute approximate surface area is 197 Å². The minimum absolute atomic E-state index is 0.328. The van der Waals surface area contributed by atoms with Gasteiger partial charge in [-0.1, -0.05) is 53.5 Å². The molecule has 1 aliphatic rings. The largest absolute Gasteiger partial charge is 0.348 e. The molecule has 1 saturated heterocycles. The quantitative estimate of drug-likeness (QED) is 0.391. The highest BCUT2D eigenvalue weighted by Gasteiger charge is 2.32. The van der Waals surface area contributed by atoms with Crippen LogP contribution in [0.2, 0.25) is 0 Å². The molecule has 0 N–H and O–H groups in total. The van der Waals surface area contributed by atoms with Crippen LogP contribution in [0.4, 0.5) is 5.13 Å². The van der Waals surface area contributed by atoms with Crippen LogP contribution in [0.15, 0.2) is 63.3 Å². The summed E-state index contributed by atoms with van der Waals surface area (Å²) in [5, 5.41) is 2.79. The maximum Gasteiger partial charge on any atom is 0.185 e. The molecule has 2 aromatic carbocycles. The van der Waals surface area contributed by atoms with Gasteiger partial charge in [0.15, 0.2) is 15.0 Å². The standard InChI is InChI=1S/C24H27BrN2O2S2/c1-2-3-18-4-6-19(7-5-18)16-21-17-30-24(26-21)27-14-12-23(13-15-27)31(28,29)22-10-8-20(25)9-11-22/h4-11,17,23H,2-3,12-16H2,1H3. The zero-order valence-electron chi connectivity index (χ0n) is 17.6. The van der Waals surface area contributed by atoms with Gasteiger partial charge in [-0.15, -0.1) is 11.3 Å². The maximum atomic E-state index is 13.0. The van der Waals surface area contributed by atoms with E-state index in [0.717, 1.165) is 47.7 Å². The number of hydrogen-bond donors (Lipinski definition) is 0. The van der Waals surface area contributed by atoms with Gasteiger partial charge in [0.05, 0.1) is 15.8 Å². The first-order chi connectivity index (χ1) is 15.0. The van der Waals surface area contributed by atoms with Gasteiger partial charge in [-0.3, -0.25) is 0 Å². The molecule has 0 amide bonds. The lowest BCUT2D eigenvalue weighted by atomic mass is 10.1. The fraction of sp³-hybridized carbons (Fsp3) is 0.375. The van der Waals surface area contributed by atoms with E-state index in [9.17, 15) is 8.42 Å². The highest BCUT2D eigenvalue weighted by molar-refractivity contribution is 9.10. The molecule has 0 bridgehead atoms. The summed E-state index contributed by atoms with van der Waals surface area (Å²) in [6.07, 6.45) is 4.38. The van der Waals surface area contributed by atoms with Gasteiger partial charge < -0.3 is 4.90 Å². The molecular formula is C24H27BrN2O2S2. The minimum atomic E-state index is -3.29. The van der Waals surface area contributed by atoms with E-state index in [1.54, 1.807) is 35.6 Å². The highest BCUT2D eigenvalue weighted by Crippen LogP contribution is 2.30. The molecule has 0 atom stereocenters. The fourth-order valence-electron chi connectivity index (χ4n) is 4.02. The molecule has 2 heterocycles. The number of sulfone groups is 1. The summed E-state index contributed by atoms with van der Waals surface area (Å²) in [5.41, 5.74) is 3.73. The molecule has 0 spiro atoms. The van der Waals surface area contributed by atoms with Crippen LogP contribution in [-0.2, 0) is 22.7 Å². The molecule has 4 nitrogen and oxygen atoms in total. The number of rotatable bonds is 7. The summed E-state index contributed by atoms with van der Waals surface area (Å²) in [7, 11) is -3.29. The number of aryl methyl sites for hydroxylation is 1. The topological polar surface area (TPSA) is 50.3 Å². The molecule has 0 aliphatic carbocycles. The number of piperidine rings is 1. The van der Waals surface area contributed by atoms with E-state index < -0.39 is 9.84 Å². The van der Waals surface area contributed by atoms with Crippen LogP contribution in [0.5, 0.6) is 0 Å². The van der Waals surface area contributed by atoms with E-state index in [1.165, 1.54) is 11.1 Å². The van der Waals surface area contributed by atoms with E-state index in [-0.39, 0.29) is 5.25 Å². The predicted octanol–water partition coefficient (Wildman–Crippen LogP) is 5.89. The van der Waals surface area contributed by atoms with E-state index in [2.05, 4.69) is 57.4 Å². The van der Waals surface area contributed by atoms with Gasteiger partial charge in [-0.2, -0.15) is 0 Å². The van der Waals surface area contributed by atoms with Gasteiger partial charge in [-0.05, 0) is 54.7 Å². The molecule has 0 saturated carbocycles. The van der Waals surface area contributed by atoms with Crippen molar-refractivity contribution in [2.24, 2.45) is 0 Å². The van der Waals surface area contributed by atoms with Gasteiger partial charge in [0.2, 0.25) is 0 Å². The summed E-state index contributed by atoms with van der Waals surface area (Å²) in [4.78, 5) is 7.47. The molecular weight excluding hydrogens is 492 g/mol. The van der Waals surface area contributed by atoms with Gasteiger partial charge >= 0.3 is 0 Å². The number of nitrogens with zero attached hydrogens (tertiary/aromatic N) is 2. The lowest BCUT2D eigenvalue weighted by Crippen LogP contribution is -2.39. The second-order valence-electron chi connectivity index (χ2n) is 8.05. The second kappa shape index (κ2) is 9.84. The average molecular weight is 520 g/mol. The summed E-state index contributed by atoms with van der Waals surface area (Å²) in [6, 6.07) is 15.8. The van der Waals surface area contributed by atoms with Crippen molar-refractivity contribution < 1.29 is 8.42 Å². The van der Waals surface area contributed by atoms with Crippen LogP contribution in [0.1, 0.15) is 43.0 Å². The van der Waals surface area contributed by atoms with Crippen LogP contribution in [0.3, 0.4) is 0 Å². The molecule has 164 valence electrons. The third-order valence-electron chi connectivity index (χ3n) is 5.78. The highest BCUT2D eigenvalue weighted by atomic mass is 79.9. The number of anilines is 1. The third kappa shape index (κ3) is 5.38. The van der Waals surface area contributed by atoms with Crippen LogP contribution >= 0.6 is 27.3 Å². The van der Waals surface area contributed by atoms with Crippen molar-refractivity contribution in [1.82, 2.24) is 4.98 Å². The zero-order chi connectivity index (χ0) is 21.8. The van der Waals surface area contributed by atoms with Gasteiger partial charge in [0, 0.05) is 29.4 Å². The molecule has 31 heavy (non-hydrogen) atoms. The summed E-state index contributed by atoms with van der Waals surface area (Å²) in [5.74, 6) is 0. The molecule has 1 fully saturated rings. The predicted molar refractivity (Wildman–Crippen MR) is 132 cm³/mol. The number of halogens is 1. The summed E-state index contributed by atoms with van der Waals surface area (Å²) in [6.45, 7) is 3.64. The molecule has 4 rings (SSSR count). The first-order valence-corrected chi connectivity index (χ1v) is 13.9. The maximum absolute atomic E-state index is 13.0. The van der Waals surface area contributed by atoms with E-state index in [0.29, 0.717) is 17.7 Å². The number of hydrogen-bond acceptors (Lipinski definition) is 5. The van der Waals surface area contributed by atoms with Gasteiger partial charge in [0.1, 0.15) is 0 Å². The number of aromatic nitrogens is 1. The Kier molecular flexibility index (Phi) is 7.14. The van der Waals surface area contributed by atoms with Gasteiger partial charge in [0.25, 0.3) is 0 Å². The Bertz CT molecular complexity index is 1100. The first kappa shape index (κ1) is 22.5. The molecule has 3 aromatic rings. The summed E-state index contributed by atoms with van der Waals surface area (Å²) >= 11 is 5.02. The van der Waals surface area contributed by atoms with Crippen molar-refractivity contribution in [3.63, 3.8) is 0 Å². The van der Waals surface area contributed by atoms with Crippen LogP contribution in [-0.4, -0.2) is 31.7 Å². The zero-order valence-corrected chi connectivity index (χ0v) is 20.8. The Morgan fingerprint density at radius 1 is 1.03 bits per heavy atom. The normalized spacial score (nSPS) is 15.4. The third-order valence-corrected chi connectivity index (χ3v) is 9.54. The SMILES string of the molecule is CCCc1ccc(Cc2csc(N3CCC(S(=O)(=O)c4ccc(Br)cc4)CC3)n2)cc1. The van der Waals surface area contributed by atoms with E-state index in [1.807, 2.05) is 0 Å². The lowest BCUT2D eigenvalue weighted by Gasteiger charge is -2.31.